The first-order valence-corrected chi connectivity index (χ1v) is 11.6. The highest BCUT2D eigenvalue weighted by molar-refractivity contribution is 7.80. The van der Waals surface area contributed by atoms with Gasteiger partial charge < -0.3 is 42.6 Å². The van der Waals surface area contributed by atoms with Crippen LogP contribution in [0.1, 0.15) is 18.9 Å². The summed E-state index contributed by atoms with van der Waals surface area (Å²) in [4.78, 5) is 63.7. The highest BCUT2D eigenvalue weighted by Gasteiger charge is 2.32. The number of carboxylic acids is 1. The number of fused-ring (bicyclic) bond motifs is 1. The van der Waals surface area contributed by atoms with Crippen LogP contribution >= 0.6 is 12.6 Å². The lowest BCUT2D eigenvalue weighted by Crippen LogP contribution is -2.59. The molecule has 0 saturated carbocycles. The molecular weight excluding hydrogens is 492 g/mol. The number of carbonyl (C=O) groups excluding carboxylic acids is 4. The number of hydrogen-bond acceptors (Lipinski definition) is 8. The fraction of sp³-hybridized carbons (Fsp3) is 0.409. The van der Waals surface area contributed by atoms with E-state index in [4.69, 9.17) is 11.5 Å². The van der Waals surface area contributed by atoms with Crippen molar-refractivity contribution >= 4 is 53.1 Å². The summed E-state index contributed by atoms with van der Waals surface area (Å²) in [7, 11) is 0. The van der Waals surface area contributed by atoms with E-state index in [9.17, 15) is 34.2 Å². The van der Waals surface area contributed by atoms with Crippen LogP contribution in [0.25, 0.3) is 10.9 Å². The molecule has 1 heterocycles. The van der Waals surface area contributed by atoms with E-state index in [0.717, 1.165) is 10.9 Å². The fourth-order valence-corrected chi connectivity index (χ4v) is 3.68. The minimum Gasteiger partial charge on any atom is -0.480 e. The normalized spacial score (nSPS) is 15.2. The molecule has 0 aliphatic rings. The molecule has 5 unspecified atom stereocenters. The molecule has 1 aromatic carbocycles. The zero-order chi connectivity index (χ0) is 27.0. The smallest absolute Gasteiger partial charge is 0.328 e. The monoisotopic (exact) mass is 522 g/mol. The topological polar surface area (TPSA) is 230 Å². The van der Waals surface area contributed by atoms with Crippen LogP contribution in [0.2, 0.25) is 0 Å². The number of carbonyl (C=O) groups is 5. The number of H-pyrrole nitrogens is 1. The van der Waals surface area contributed by atoms with Gasteiger partial charge in [-0.25, -0.2) is 4.79 Å². The number of hydrogen-bond donors (Lipinski definition) is 9. The van der Waals surface area contributed by atoms with Crippen molar-refractivity contribution in [2.75, 3.05) is 5.75 Å². The number of aromatic amines is 1. The van der Waals surface area contributed by atoms with Gasteiger partial charge in [-0.3, -0.25) is 19.2 Å². The molecule has 13 nitrogen and oxygen atoms in total. The number of primary amides is 1. The van der Waals surface area contributed by atoms with Crippen molar-refractivity contribution in [2.24, 2.45) is 11.5 Å². The Bertz CT molecular complexity index is 1120. The van der Waals surface area contributed by atoms with Crippen LogP contribution in [0, 0.1) is 0 Å². The quantitative estimate of drug-likeness (QED) is 0.130. The van der Waals surface area contributed by atoms with E-state index in [1.807, 2.05) is 18.2 Å². The molecule has 10 N–H and O–H groups in total. The average molecular weight is 523 g/mol. The van der Waals surface area contributed by atoms with Crippen molar-refractivity contribution in [3.8, 4) is 0 Å². The largest absolute Gasteiger partial charge is 0.480 e. The zero-order valence-corrected chi connectivity index (χ0v) is 20.3. The van der Waals surface area contributed by atoms with E-state index in [1.165, 1.54) is 6.92 Å². The summed E-state index contributed by atoms with van der Waals surface area (Å²) in [5, 5.41) is 26.9. The molecule has 1 aromatic heterocycles. The number of nitrogens with two attached hydrogens (primary N) is 2. The molecule has 0 aliphatic carbocycles. The van der Waals surface area contributed by atoms with E-state index in [-0.39, 0.29) is 12.2 Å². The second-order valence-electron chi connectivity index (χ2n) is 8.21. The average Bonchev–Trinajstić information content (AvgIpc) is 3.21. The van der Waals surface area contributed by atoms with Crippen LogP contribution in [0.5, 0.6) is 0 Å². The van der Waals surface area contributed by atoms with Gasteiger partial charge in [0.2, 0.25) is 23.6 Å². The maximum Gasteiger partial charge on any atom is 0.328 e. The molecule has 0 bridgehead atoms. The van der Waals surface area contributed by atoms with Crippen molar-refractivity contribution in [3.05, 3.63) is 36.0 Å². The fourth-order valence-electron chi connectivity index (χ4n) is 3.43. The van der Waals surface area contributed by atoms with Gasteiger partial charge in [0, 0.05) is 29.3 Å². The molecule has 36 heavy (non-hydrogen) atoms. The first-order valence-electron chi connectivity index (χ1n) is 11.0. The molecule has 0 spiro atoms. The molecule has 0 fully saturated rings. The lowest BCUT2D eigenvalue weighted by atomic mass is 10.0. The summed E-state index contributed by atoms with van der Waals surface area (Å²) >= 11 is 4.06. The Morgan fingerprint density at radius 2 is 1.64 bits per heavy atom. The van der Waals surface area contributed by atoms with Gasteiger partial charge >= 0.3 is 5.97 Å². The summed E-state index contributed by atoms with van der Waals surface area (Å²) in [6.45, 7) is 1.20. The zero-order valence-electron chi connectivity index (χ0n) is 19.4. The van der Waals surface area contributed by atoms with Crippen molar-refractivity contribution in [1.29, 1.82) is 0 Å². The minimum absolute atomic E-state index is 0.0395. The standard InChI is InChI=1S/C22H30N6O7S/c1-10(29)18(22(34)35)28-20(32)15(6-11-8-25-14-5-3-2-4-12(11)14)26-21(33)16(9-36)27-19(31)13(23)7-17(24)30/h2-5,8,10,13,15-16,18,25,29,36H,6-7,9,23H2,1H3,(H2,24,30)(H,26,33)(H,27,31)(H,28,32)(H,34,35). The van der Waals surface area contributed by atoms with Crippen molar-refractivity contribution in [1.82, 2.24) is 20.9 Å². The molecule has 14 heteroatoms. The molecule has 0 aliphatic heterocycles. The summed E-state index contributed by atoms with van der Waals surface area (Å²) in [5.74, 6) is -4.91. The number of aliphatic carboxylic acids is 1. The Morgan fingerprint density at radius 3 is 2.22 bits per heavy atom. The number of carboxylic acid groups (broad SMARTS) is 1. The van der Waals surface area contributed by atoms with Gasteiger partial charge in [-0.05, 0) is 18.6 Å². The second-order valence-corrected chi connectivity index (χ2v) is 8.58. The molecule has 196 valence electrons. The molecule has 0 saturated heterocycles. The predicted molar refractivity (Wildman–Crippen MR) is 133 cm³/mol. The van der Waals surface area contributed by atoms with E-state index >= 15 is 0 Å². The summed E-state index contributed by atoms with van der Waals surface area (Å²) < 4.78 is 0. The van der Waals surface area contributed by atoms with Crippen LogP contribution in [-0.2, 0) is 30.4 Å². The van der Waals surface area contributed by atoms with Gasteiger partial charge in [-0.1, -0.05) is 18.2 Å². The summed E-state index contributed by atoms with van der Waals surface area (Å²) in [6, 6.07) is 1.83. The maximum absolute atomic E-state index is 13.0. The third-order valence-electron chi connectivity index (χ3n) is 5.35. The van der Waals surface area contributed by atoms with Crippen LogP contribution < -0.4 is 27.4 Å². The van der Waals surface area contributed by atoms with Gasteiger partial charge in [0.1, 0.15) is 12.1 Å². The lowest BCUT2D eigenvalue weighted by molar-refractivity contribution is -0.145. The molecule has 0 radical (unpaired) electrons. The van der Waals surface area contributed by atoms with Crippen LogP contribution in [0.15, 0.2) is 30.5 Å². The highest BCUT2D eigenvalue weighted by Crippen LogP contribution is 2.19. The van der Waals surface area contributed by atoms with Gasteiger partial charge in [-0.2, -0.15) is 12.6 Å². The predicted octanol–water partition coefficient (Wildman–Crippen LogP) is -2.24. The number of aromatic nitrogens is 1. The minimum atomic E-state index is -1.62. The second kappa shape index (κ2) is 12.9. The van der Waals surface area contributed by atoms with Crippen molar-refractivity contribution in [2.45, 2.75) is 50.0 Å². The van der Waals surface area contributed by atoms with E-state index in [0.29, 0.717) is 5.56 Å². The van der Waals surface area contributed by atoms with E-state index in [2.05, 4.69) is 33.6 Å². The molecular formula is C22H30N6O7S. The Kier molecular flexibility index (Phi) is 10.3. The maximum atomic E-state index is 13.0. The van der Waals surface area contributed by atoms with Crippen molar-refractivity contribution < 1.29 is 34.2 Å². The number of aliphatic hydroxyl groups excluding tert-OH is 1. The number of thiol groups is 1. The Labute approximate surface area is 211 Å². The Morgan fingerprint density at radius 1 is 1.03 bits per heavy atom. The third kappa shape index (κ3) is 7.69. The number of nitrogens with one attached hydrogen (secondary N) is 4. The van der Waals surface area contributed by atoms with Gasteiger partial charge in [0.15, 0.2) is 6.04 Å². The number of aliphatic hydroxyl groups is 1. The first kappa shape index (κ1) is 28.6. The van der Waals surface area contributed by atoms with Crippen molar-refractivity contribution in [3.63, 3.8) is 0 Å². The van der Waals surface area contributed by atoms with Gasteiger partial charge in [0.05, 0.1) is 18.6 Å². The Hall–Kier alpha value is -3.62. The number of benzene rings is 1. The number of rotatable bonds is 13. The lowest BCUT2D eigenvalue weighted by Gasteiger charge is -2.25. The van der Waals surface area contributed by atoms with Crippen LogP contribution in [-0.4, -0.2) is 80.8 Å². The molecule has 4 amide bonds. The van der Waals surface area contributed by atoms with Gasteiger partial charge in [-0.15, -0.1) is 0 Å². The number of para-hydroxylation sites is 1. The van der Waals surface area contributed by atoms with Crippen LogP contribution in [0.4, 0.5) is 0 Å². The molecule has 2 rings (SSSR count). The van der Waals surface area contributed by atoms with E-state index < -0.39 is 66.3 Å². The third-order valence-corrected chi connectivity index (χ3v) is 5.72. The number of amides is 4. The SMILES string of the molecule is CC(O)C(NC(=O)C(Cc1c[nH]c2ccccc12)NC(=O)C(CS)NC(=O)C(N)CC(N)=O)C(=O)O. The van der Waals surface area contributed by atoms with E-state index in [1.54, 1.807) is 12.3 Å². The summed E-state index contributed by atoms with van der Waals surface area (Å²) in [6.07, 6.45) is -0.232. The molecule has 5 atom stereocenters. The summed E-state index contributed by atoms with van der Waals surface area (Å²) in [5.41, 5.74) is 12.1. The van der Waals surface area contributed by atoms with Crippen LogP contribution in [0.3, 0.4) is 0 Å². The molecule has 2 aromatic rings. The highest BCUT2D eigenvalue weighted by atomic mass is 32.1. The first-order chi connectivity index (χ1) is 16.9. The van der Waals surface area contributed by atoms with Gasteiger partial charge in [0.25, 0.3) is 0 Å². The Balaban J connectivity index is 2.26.